The van der Waals surface area contributed by atoms with Crippen LogP contribution >= 0.6 is 46.0 Å². The molecule has 2 aromatic heterocycles. The summed E-state index contributed by atoms with van der Waals surface area (Å²) in [4.78, 5) is 45.0. The number of thioether (sulfide) groups is 1. The zero-order valence-electron chi connectivity index (χ0n) is 22.7. The van der Waals surface area contributed by atoms with Crippen molar-refractivity contribution in [2.45, 2.75) is 17.1 Å². The Balaban J connectivity index is 1.19. The van der Waals surface area contributed by atoms with Gasteiger partial charge in [0.15, 0.2) is 5.13 Å². The number of amides is 3. The Kier molecular flexibility index (Phi) is 10.1. The highest BCUT2D eigenvalue weighted by Gasteiger charge is 2.18. The monoisotopic (exact) mass is 644 g/mol. The second-order valence-electron chi connectivity index (χ2n) is 9.14. The Morgan fingerprint density at radius 3 is 2.35 bits per heavy atom. The summed E-state index contributed by atoms with van der Waals surface area (Å²) in [7, 11) is 0. The average Bonchev–Trinajstić information content (AvgIpc) is 3.71. The molecule has 0 saturated heterocycles. The third kappa shape index (κ3) is 8.20. The van der Waals surface area contributed by atoms with Crippen LogP contribution in [-0.2, 0) is 9.59 Å². The normalized spacial score (nSPS) is 11.9. The molecule has 5 aromatic rings. The molecule has 0 fully saturated rings. The number of carbonyl (C=O) groups excluding carboxylic acids is 3. The van der Waals surface area contributed by atoms with Gasteiger partial charge in [-0.15, -0.1) is 34.4 Å². The van der Waals surface area contributed by atoms with Crippen molar-refractivity contribution in [2.75, 3.05) is 10.6 Å². The fourth-order valence-electron chi connectivity index (χ4n) is 3.86. The molecule has 3 aromatic carbocycles. The molecule has 0 spiro atoms. The van der Waals surface area contributed by atoms with E-state index in [1.54, 1.807) is 48.5 Å². The number of thiazole rings is 1. The van der Waals surface area contributed by atoms with Gasteiger partial charge in [-0.1, -0.05) is 54.1 Å². The first kappa shape index (κ1) is 30.2. The minimum atomic E-state index is -0.453. The molecule has 3 amide bonds. The number of benzene rings is 3. The summed E-state index contributed by atoms with van der Waals surface area (Å²) in [6, 6.07) is 27.0. The van der Waals surface area contributed by atoms with Crippen LogP contribution in [0.5, 0.6) is 0 Å². The van der Waals surface area contributed by atoms with Crippen molar-refractivity contribution >= 4 is 80.7 Å². The lowest BCUT2D eigenvalue weighted by molar-refractivity contribution is -0.115. The molecule has 0 bridgehead atoms. The highest BCUT2D eigenvalue weighted by Crippen LogP contribution is 2.31. The van der Waals surface area contributed by atoms with Gasteiger partial charge in [0.2, 0.25) is 5.91 Å². The molecule has 11 heteroatoms. The summed E-state index contributed by atoms with van der Waals surface area (Å²) < 4.78 is 0. The predicted molar refractivity (Wildman–Crippen MR) is 178 cm³/mol. The van der Waals surface area contributed by atoms with Gasteiger partial charge in [-0.3, -0.25) is 14.4 Å². The summed E-state index contributed by atoms with van der Waals surface area (Å²) in [5, 5.41) is 12.9. The van der Waals surface area contributed by atoms with Crippen LogP contribution in [0.25, 0.3) is 17.3 Å². The average molecular weight is 645 g/mol. The van der Waals surface area contributed by atoms with E-state index in [4.69, 9.17) is 11.6 Å². The van der Waals surface area contributed by atoms with E-state index in [0.717, 1.165) is 15.3 Å². The van der Waals surface area contributed by atoms with Gasteiger partial charge in [0, 0.05) is 37.0 Å². The van der Waals surface area contributed by atoms with Crippen molar-refractivity contribution < 1.29 is 14.4 Å². The van der Waals surface area contributed by atoms with Gasteiger partial charge in [-0.05, 0) is 66.9 Å². The fraction of sp³-hybridized carbons (Fsp3) is 0.0625. The number of hydrogen-bond acceptors (Lipinski definition) is 7. The second kappa shape index (κ2) is 14.3. The molecule has 0 aliphatic heterocycles. The molecule has 216 valence electrons. The lowest BCUT2D eigenvalue weighted by atomic mass is 10.2. The summed E-state index contributed by atoms with van der Waals surface area (Å²) in [5.41, 5.74) is 2.63. The third-order valence-electron chi connectivity index (χ3n) is 6.04. The zero-order chi connectivity index (χ0) is 30.2. The van der Waals surface area contributed by atoms with E-state index in [1.807, 2.05) is 66.2 Å². The van der Waals surface area contributed by atoms with Crippen molar-refractivity contribution in [1.29, 1.82) is 0 Å². The maximum absolute atomic E-state index is 13.2. The Bertz CT molecular complexity index is 1750. The fourth-order valence-corrected chi connectivity index (χ4v) is 6.33. The van der Waals surface area contributed by atoms with Gasteiger partial charge in [-0.25, -0.2) is 4.98 Å². The van der Waals surface area contributed by atoms with Crippen LogP contribution in [0.4, 0.5) is 10.8 Å². The first-order valence-electron chi connectivity index (χ1n) is 13.1. The topological polar surface area (TPSA) is 100 Å². The van der Waals surface area contributed by atoms with Crippen molar-refractivity contribution in [2.24, 2.45) is 0 Å². The van der Waals surface area contributed by atoms with E-state index in [2.05, 4.69) is 20.9 Å². The number of anilines is 2. The predicted octanol–water partition coefficient (Wildman–Crippen LogP) is 8.05. The Labute approximate surface area is 266 Å². The minimum Gasteiger partial charge on any atom is -0.321 e. The van der Waals surface area contributed by atoms with E-state index >= 15 is 0 Å². The summed E-state index contributed by atoms with van der Waals surface area (Å²) in [6.07, 6.45) is 1.64. The highest BCUT2D eigenvalue weighted by atomic mass is 35.5. The molecule has 1 unspecified atom stereocenters. The molecule has 0 aliphatic rings. The van der Waals surface area contributed by atoms with Gasteiger partial charge in [-0.2, -0.15) is 0 Å². The van der Waals surface area contributed by atoms with Gasteiger partial charge < -0.3 is 16.0 Å². The summed E-state index contributed by atoms with van der Waals surface area (Å²) in [5.74, 6) is -1.01. The van der Waals surface area contributed by atoms with Crippen LogP contribution in [0.1, 0.15) is 22.2 Å². The Morgan fingerprint density at radius 1 is 0.884 bits per heavy atom. The van der Waals surface area contributed by atoms with Crippen LogP contribution in [0.3, 0.4) is 0 Å². The number of hydrogen-bond donors (Lipinski definition) is 3. The standard InChI is InChI=1S/C32H25ClN4O3S3/c1-20(29(38)37-32-36-28(19-42-32)25-11-5-6-12-26(25)33)43-23-15-13-22(14-16-23)34-31(40)27(18-24-10-7-17-41-24)35-30(39)21-8-3-2-4-9-21/h2-20H,1H3,(H,34,40)(H,35,39)(H,36,37,38)/b27-18-. The molecule has 0 saturated carbocycles. The number of nitrogens with one attached hydrogen (secondary N) is 3. The minimum absolute atomic E-state index is 0.125. The van der Waals surface area contributed by atoms with E-state index < -0.39 is 11.2 Å². The number of nitrogens with zero attached hydrogens (tertiary/aromatic N) is 1. The van der Waals surface area contributed by atoms with Crippen molar-refractivity contribution in [3.63, 3.8) is 0 Å². The smallest absolute Gasteiger partial charge is 0.272 e. The van der Waals surface area contributed by atoms with E-state index in [1.165, 1.54) is 34.4 Å². The van der Waals surface area contributed by atoms with Crippen molar-refractivity contribution in [3.05, 3.63) is 123 Å². The summed E-state index contributed by atoms with van der Waals surface area (Å²) in [6.45, 7) is 1.81. The van der Waals surface area contributed by atoms with Gasteiger partial charge in [0.25, 0.3) is 11.8 Å². The SMILES string of the molecule is CC(Sc1ccc(NC(=O)/C(=C/c2cccs2)NC(=O)c2ccccc2)cc1)C(=O)Nc1nc(-c2ccccc2Cl)cs1. The van der Waals surface area contributed by atoms with Crippen LogP contribution in [0, 0.1) is 0 Å². The van der Waals surface area contributed by atoms with Crippen LogP contribution in [0.2, 0.25) is 5.02 Å². The van der Waals surface area contributed by atoms with Crippen LogP contribution in [0.15, 0.2) is 112 Å². The number of thiophene rings is 1. The zero-order valence-corrected chi connectivity index (χ0v) is 25.9. The summed E-state index contributed by atoms with van der Waals surface area (Å²) >= 11 is 10.4. The first-order valence-corrected chi connectivity index (χ1v) is 16.1. The Hall–Kier alpha value is -4.22. The molecule has 7 nitrogen and oxygen atoms in total. The Morgan fingerprint density at radius 2 is 1.63 bits per heavy atom. The molecule has 0 radical (unpaired) electrons. The van der Waals surface area contributed by atoms with E-state index in [0.29, 0.717) is 27.1 Å². The second-order valence-corrected chi connectivity index (χ2v) is 12.8. The lowest BCUT2D eigenvalue weighted by Gasteiger charge is -2.13. The molecular weight excluding hydrogens is 620 g/mol. The first-order chi connectivity index (χ1) is 20.9. The highest BCUT2D eigenvalue weighted by molar-refractivity contribution is 8.00. The molecule has 43 heavy (non-hydrogen) atoms. The van der Waals surface area contributed by atoms with Crippen molar-refractivity contribution in [3.8, 4) is 11.3 Å². The van der Waals surface area contributed by atoms with Crippen LogP contribution < -0.4 is 16.0 Å². The maximum Gasteiger partial charge on any atom is 0.272 e. The van der Waals surface area contributed by atoms with Crippen molar-refractivity contribution in [1.82, 2.24) is 10.3 Å². The lowest BCUT2D eigenvalue weighted by Crippen LogP contribution is -2.30. The molecule has 3 N–H and O–H groups in total. The quantitative estimate of drug-likeness (QED) is 0.105. The number of carbonyl (C=O) groups is 3. The molecule has 1 atom stereocenters. The number of halogens is 1. The number of aromatic nitrogens is 1. The molecule has 5 rings (SSSR count). The third-order valence-corrected chi connectivity index (χ3v) is 9.06. The molecule has 0 aliphatic carbocycles. The molecular formula is C32H25ClN4O3S3. The molecule has 2 heterocycles. The van der Waals surface area contributed by atoms with Gasteiger partial charge in [0.05, 0.1) is 10.9 Å². The number of rotatable bonds is 10. The maximum atomic E-state index is 13.2. The van der Waals surface area contributed by atoms with Crippen LogP contribution in [-0.4, -0.2) is 28.0 Å². The van der Waals surface area contributed by atoms with E-state index in [9.17, 15) is 14.4 Å². The van der Waals surface area contributed by atoms with Gasteiger partial charge >= 0.3 is 0 Å². The largest absolute Gasteiger partial charge is 0.321 e. The van der Waals surface area contributed by atoms with E-state index in [-0.39, 0.29) is 17.5 Å². The van der Waals surface area contributed by atoms with Gasteiger partial charge in [0.1, 0.15) is 5.70 Å².